The van der Waals surface area contributed by atoms with Crippen molar-refractivity contribution in [3.63, 3.8) is 0 Å². The lowest BCUT2D eigenvalue weighted by atomic mass is 9.88. The minimum atomic E-state index is 0.297. The molecule has 0 saturated heterocycles. The molecular formula is C15H20N2. The molecule has 2 N–H and O–H groups in total. The van der Waals surface area contributed by atoms with Gasteiger partial charge in [-0.25, -0.2) is 0 Å². The van der Waals surface area contributed by atoms with Crippen LogP contribution in [0.25, 0.3) is 10.9 Å². The van der Waals surface area contributed by atoms with E-state index < -0.39 is 0 Å². The van der Waals surface area contributed by atoms with E-state index in [0.29, 0.717) is 6.04 Å². The lowest BCUT2D eigenvalue weighted by Crippen LogP contribution is -2.28. The highest BCUT2D eigenvalue weighted by atomic mass is 15.0. The van der Waals surface area contributed by atoms with Crippen molar-refractivity contribution in [2.24, 2.45) is 5.73 Å². The number of nitrogens with zero attached hydrogens (tertiary/aromatic N) is 1. The van der Waals surface area contributed by atoms with Crippen LogP contribution in [0.3, 0.4) is 0 Å². The molecule has 0 spiro atoms. The summed E-state index contributed by atoms with van der Waals surface area (Å²) >= 11 is 0. The second-order valence-electron chi connectivity index (χ2n) is 5.00. The van der Waals surface area contributed by atoms with E-state index in [1.165, 1.54) is 27.7 Å². The van der Waals surface area contributed by atoms with Crippen molar-refractivity contribution in [2.75, 3.05) is 0 Å². The maximum atomic E-state index is 6.19. The van der Waals surface area contributed by atoms with Gasteiger partial charge in [-0.3, -0.25) is 0 Å². The Labute approximate surface area is 102 Å². The van der Waals surface area contributed by atoms with Crippen molar-refractivity contribution in [2.45, 2.75) is 45.7 Å². The number of nitrogens with two attached hydrogens (primary N) is 1. The first-order valence-corrected chi connectivity index (χ1v) is 6.63. The van der Waals surface area contributed by atoms with E-state index in [-0.39, 0.29) is 0 Å². The lowest BCUT2D eigenvalue weighted by molar-refractivity contribution is 0.646. The number of hydrogen-bond acceptors (Lipinski definition) is 1. The molecule has 3 rings (SSSR count). The van der Waals surface area contributed by atoms with Crippen molar-refractivity contribution in [1.82, 2.24) is 4.57 Å². The van der Waals surface area contributed by atoms with Crippen LogP contribution in [0.4, 0.5) is 0 Å². The van der Waals surface area contributed by atoms with E-state index >= 15 is 0 Å². The first kappa shape index (κ1) is 10.8. The second kappa shape index (κ2) is 3.88. The molecule has 0 bridgehead atoms. The van der Waals surface area contributed by atoms with Crippen molar-refractivity contribution >= 4 is 10.9 Å². The predicted molar refractivity (Wildman–Crippen MR) is 72.4 cm³/mol. The quantitative estimate of drug-likeness (QED) is 0.841. The molecule has 0 aliphatic heterocycles. The zero-order valence-electron chi connectivity index (χ0n) is 10.7. The summed E-state index contributed by atoms with van der Waals surface area (Å²) in [5, 5.41) is 1.49. The molecule has 0 amide bonds. The molecule has 1 aliphatic rings. The fourth-order valence-electron chi connectivity index (χ4n) is 3.38. The van der Waals surface area contributed by atoms with Crippen LogP contribution in [0.5, 0.6) is 0 Å². The second-order valence-corrected chi connectivity index (χ2v) is 5.00. The van der Waals surface area contributed by atoms with Gasteiger partial charge in [-0.1, -0.05) is 19.1 Å². The first-order chi connectivity index (χ1) is 8.26. The molecule has 2 nitrogen and oxygen atoms in total. The van der Waals surface area contributed by atoms with Gasteiger partial charge < -0.3 is 10.3 Å². The molecule has 1 aromatic heterocycles. The Balaban J connectivity index is 2.40. The van der Waals surface area contributed by atoms with Crippen LogP contribution in [0.15, 0.2) is 18.2 Å². The van der Waals surface area contributed by atoms with E-state index in [1.807, 2.05) is 0 Å². The Morgan fingerprint density at radius 3 is 2.82 bits per heavy atom. The van der Waals surface area contributed by atoms with Gasteiger partial charge in [0.05, 0.1) is 0 Å². The van der Waals surface area contributed by atoms with Crippen LogP contribution in [0.2, 0.25) is 0 Å². The van der Waals surface area contributed by atoms with Gasteiger partial charge in [0.25, 0.3) is 0 Å². The smallest absolute Gasteiger partial charge is 0.0488 e. The van der Waals surface area contributed by atoms with Crippen LogP contribution >= 0.6 is 0 Å². The highest BCUT2D eigenvalue weighted by molar-refractivity contribution is 5.89. The first-order valence-electron chi connectivity index (χ1n) is 6.63. The van der Waals surface area contributed by atoms with Gasteiger partial charge in [0.2, 0.25) is 0 Å². The van der Waals surface area contributed by atoms with Crippen molar-refractivity contribution in [1.29, 1.82) is 0 Å². The number of benzene rings is 1. The van der Waals surface area contributed by atoms with E-state index in [2.05, 4.69) is 36.6 Å². The maximum Gasteiger partial charge on any atom is 0.0488 e. The molecule has 1 aromatic carbocycles. The predicted octanol–water partition coefficient (Wildman–Crippen LogP) is 2.65. The van der Waals surface area contributed by atoms with E-state index in [9.17, 15) is 0 Å². The van der Waals surface area contributed by atoms with Gasteiger partial charge in [0.1, 0.15) is 0 Å². The lowest BCUT2D eigenvalue weighted by Gasteiger charge is -2.19. The van der Waals surface area contributed by atoms with Gasteiger partial charge in [-0.2, -0.15) is 0 Å². The molecule has 0 fully saturated rings. The molecule has 1 atom stereocenters. The highest BCUT2D eigenvalue weighted by Gasteiger charge is 2.24. The third-order valence-electron chi connectivity index (χ3n) is 4.00. The van der Waals surface area contributed by atoms with Gasteiger partial charge in [-0.05, 0) is 43.4 Å². The maximum absolute atomic E-state index is 6.19. The zero-order chi connectivity index (χ0) is 12.0. The summed E-state index contributed by atoms with van der Waals surface area (Å²) in [5.41, 5.74) is 12.0. The molecule has 2 heteroatoms. The Morgan fingerprint density at radius 1 is 1.29 bits per heavy atom. The Kier molecular flexibility index (Phi) is 2.48. The summed E-state index contributed by atoms with van der Waals surface area (Å²) < 4.78 is 2.46. The number of aryl methyl sites for hydroxylation is 1. The molecule has 90 valence electrons. The number of rotatable bonds is 2. The van der Waals surface area contributed by atoms with Gasteiger partial charge in [-0.15, -0.1) is 0 Å². The van der Waals surface area contributed by atoms with Crippen LogP contribution in [0.1, 0.15) is 30.7 Å². The standard InChI is InChI=1S/C15H20N2/c1-3-13-12-9-11(16)8-10-6-5-7-14(15(10)12)17(13)4-2/h5-7,11H,3-4,8-9,16H2,1-2H3. The average Bonchev–Trinajstić information content (AvgIpc) is 2.64. The van der Waals surface area contributed by atoms with Crippen molar-refractivity contribution in [3.8, 4) is 0 Å². The average molecular weight is 228 g/mol. The Bertz CT molecular complexity index is 566. The van der Waals surface area contributed by atoms with Gasteiger partial charge in [0, 0.05) is 29.2 Å². The van der Waals surface area contributed by atoms with Crippen molar-refractivity contribution < 1.29 is 0 Å². The zero-order valence-corrected chi connectivity index (χ0v) is 10.7. The normalized spacial score (nSPS) is 18.9. The molecule has 1 unspecified atom stereocenters. The fourth-order valence-corrected chi connectivity index (χ4v) is 3.38. The minimum absolute atomic E-state index is 0.297. The van der Waals surface area contributed by atoms with E-state index in [1.54, 1.807) is 0 Å². The van der Waals surface area contributed by atoms with Crippen LogP contribution in [-0.4, -0.2) is 10.6 Å². The Hall–Kier alpha value is -1.28. The van der Waals surface area contributed by atoms with E-state index in [4.69, 9.17) is 5.73 Å². The van der Waals surface area contributed by atoms with Crippen LogP contribution < -0.4 is 5.73 Å². The SMILES string of the molecule is CCc1c2c3c(cccc3n1CC)CC(N)C2. The minimum Gasteiger partial charge on any atom is -0.345 e. The number of hydrogen-bond donors (Lipinski definition) is 1. The molecule has 1 aliphatic carbocycles. The monoisotopic (exact) mass is 228 g/mol. The molecule has 0 saturated carbocycles. The molecule has 2 aromatic rings. The molecular weight excluding hydrogens is 208 g/mol. The largest absolute Gasteiger partial charge is 0.345 e. The topological polar surface area (TPSA) is 30.9 Å². The van der Waals surface area contributed by atoms with Gasteiger partial charge in [0.15, 0.2) is 0 Å². The summed E-state index contributed by atoms with van der Waals surface area (Å²) in [6, 6.07) is 6.96. The fraction of sp³-hybridized carbons (Fsp3) is 0.467. The summed E-state index contributed by atoms with van der Waals surface area (Å²) in [4.78, 5) is 0. The van der Waals surface area contributed by atoms with Gasteiger partial charge >= 0.3 is 0 Å². The molecule has 1 heterocycles. The summed E-state index contributed by atoms with van der Waals surface area (Å²) in [6.07, 6.45) is 3.18. The highest BCUT2D eigenvalue weighted by Crippen LogP contribution is 2.34. The van der Waals surface area contributed by atoms with Crippen LogP contribution in [0, 0.1) is 0 Å². The van der Waals surface area contributed by atoms with Crippen LogP contribution in [-0.2, 0) is 25.8 Å². The summed E-state index contributed by atoms with van der Waals surface area (Å²) in [5.74, 6) is 0. The summed E-state index contributed by atoms with van der Waals surface area (Å²) in [7, 11) is 0. The van der Waals surface area contributed by atoms with E-state index in [0.717, 1.165) is 25.8 Å². The number of aromatic nitrogens is 1. The summed E-state index contributed by atoms with van der Waals surface area (Å²) in [6.45, 7) is 5.53. The molecule has 0 radical (unpaired) electrons. The molecule has 17 heavy (non-hydrogen) atoms. The van der Waals surface area contributed by atoms with Crippen molar-refractivity contribution in [3.05, 3.63) is 35.0 Å². The third kappa shape index (κ3) is 1.44. The third-order valence-corrected chi connectivity index (χ3v) is 4.00. The Morgan fingerprint density at radius 2 is 2.12 bits per heavy atom.